The molecule has 0 radical (unpaired) electrons. The summed E-state index contributed by atoms with van der Waals surface area (Å²) in [5.41, 5.74) is 9.41. The molecule has 0 aliphatic rings. The van der Waals surface area contributed by atoms with Crippen molar-refractivity contribution in [2.24, 2.45) is 5.73 Å². The third kappa shape index (κ3) is 3.33. The van der Waals surface area contributed by atoms with Crippen LogP contribution in [-0.2, 0) is 12.0 Å². The van der Waals surface area contributed by atoms with Gasteiger partial charge >= 0.3 is 0 Å². The Labute approximate surface area is 125 Å². The molecule has 0 aliphatic heterocycles. The largest absolute Gasteiger partial charge is 0.496 e. The van der Waals surface area contributed by atoms with Crippen molar-refractivity contribution in [2.45, 2.75) is 25.8 Å². The summed E-state index contributed by atoms with van der Waals surface area (Å²) in [6, 6.07) is 13.8. The number of aryl methyl sites for hydroxylation is 1. The summed E-state index contributed by atoms with van der Waals surface area (Å²) in [5.74, 6) is 0.876. The van der Waals surface area contributed by atoms with Crippen LogP contribution in [0.25, 0.3) is 0 Å². The van der Waals surface area contributed by atoms with E-state index in [2.05, 4.69) is 13.0 Å². The highest BCUT2D eigenvalue weighted by Gasteiger charge is 2.23. The fourth-order valence-electron chi connectivity index (χ4n) is 2.37. The second kappa shape index (κ2) is 5.86. The highest BCUT2D eigenvalue weighted by atomic mass is 35.5. The number of ether oxygens (including phenoxy) is 1. The first-order chi connectivity index (χ1) is 9.42. The minimum absolute atomic E-state index is 0.467. The van der Waals surface area contributed by atoms with E-state index in [4.69, 9.17) is 22.1 Å². The molecule has 2 aromatic carbocycles. The molecule has 2 N–H and O–H groups in total. The highest BCUT2D eigenvalue weighted by molar-refractivity contribution is 6.30. The molecule has 106 valence electrons. The number of methoxy groups -OCH3 is 1. The standard InChI is InChI=1S/C17H20ClNO/c1-12-4-9-16(20-3)13(10-12)11-17(2,19)14-5-7-15(18)8-6-14/h4-10H,11,19H2,1-3H3. The Kier molecular flexibility index (Phi) is 4.36. The van der Waals surface area contributed by atoms with Crippen LogP contribution in [0.15, 0.2) is 42.5 Å². The molecule has 2 nitrogen and oxygen atoms in total. The van der Waals surface area contributed by atoms with Crippen LogP contribution in [0.5, 0.6) is 5.75 Å². The predicted molar refractivity (Wildman–Crippen MR) is 84.4 cm³/mol. The molecular formula is C17H20ClNO. The first kappa shape index (κ1) is 14.9. The van der Waals surface area contributed by atoms with Crippen LogP contribution in [0.1, 0.15) is 23.6 Å². The number of hydrogen-bond acceptors (Lipinski definition) is 2. The van der Waals surface area contributed by atoms with Crippen molar-refractivity contribution >= 4 is 11.6 Å². The maximum atomic E-state index is 6.50. The van der Waals surface area contributed by atoms with Crippen molar-refractivity contribution in [3.8, 4) is 5.75 Å². The van der Waals surface area contributed by atoms with E-state index < -0.39 is 5.54 Å². The molecule has 1 unspecified atom stereocenters. The first-order valence-corrected chi connectivity index (χ1v) is 6.98. The molecule has 20 heavy (non-hydrogen) atoms. The van der Waals surface area contributed by atoms with E-state index in [-0.39, 0.29) is 0 Å². The van der Waals surface area contributed by atoms with Gasteiger partial charge in [-0.25, -0.2) is 0 Å². The van der Waals surface area contributed by atoms with Crippen LogP contribution in [0.4, 0.5) is 0 Å². The second-order valence-corrected chi connectivity index (χ2v) is 5.85. The molecule has 2 rings (SSSR count). The maximum Gasteiger partial charge on any atom is 0.122 e. The number of benzene rings is 2. The number of halogens is 1. The van der Waals surface area contributed by atoms with Crippen molar-refractivity contribution in [3.05, 3.63) is 64.2 Å². The smallest absolute Gasteiger partial charge is 0.122 e. The lowest BCUT2D eigenvalue weighted by atomic mass is 9.86. The van der Waals surface area contributed by atoms with Gasteiger partial charge in [0.2, 0.25) is 0 Å². The minimum Gasteiger partial charge on any atom is -0.496 e. The molecule has 0 saturated carbocycles. The Hall–Kier alpha value is -1.51. The fourth-order valence-corrected chi connectivity index (χ4v) is 2.50. The third-order valence-electron chi connectivity index (χ3n) is 3.50. The van der Waals surface area contributed by atoms with Crippen LogP contribution in [0, 0.1) is 6.92 Å². The van der Waals surface area contributed by atoms with Crippen LogP contribution in [0.2, 0.25) is 5.02 Å². The van der Waals surface area contributed by atoms with Crippen molar-refractivity contribution in [1.29, 1.82) is 0 Å². The Morgan fingerprint density at radius 3 is 2.40 bits per heavy atom. The van der Waals surface area contributed by atoms with E-state index in [1.165, 1.54) is 5.56 Å². The Morgan fingerprint density at radius 1 is 1.15 bits per heavy atom. The molecule has 0 heterocycles. The molecule has 2 aromatic rings. The minimum atomic E-state index is -0.467. The van der Waals surface area contributed by atoms with E-state index in [1.54, 1.807) is 7.11 Å². The zero-order valence-corrected chi connectivity index (χ0v) is 12.9. The van der Waals surface area contributed by atoms with Gasteiger partial charge in [0.05, 0.1) is 7.11 Å². The Bertz CT molecular complexity index is 590. The summed E-state index contributed by atoms with van der Waals surface area (Å²) in [4.78, 5) is 0. The molecule has 0 spiro atoms. The van der Waals surface area contributed by atoms with Gasteiger partial charge in [0.1, 0.15) is 5.75 Å². The van der Waals surface area contributed by atoms with E-state index in [1.807, 2.05) is 43.3 Å². The van der Waals surface area contributed by atoms with E-state index in [0.717, 1.165) is 21.9 Å². The topological polar surface area (TPSA) is 35.2 Å². The quantitative estimate of drug-likeness (QED) is 0.921. The van der Waals surface area contributed by atoms with Gasteiger partial charge in [-0.15, -0.1) is 0 Å². The van der Waals surface area contributed by atoms with Gasteiger partial charge in [0, 0.05) is 10.6 Å². The molecule has 0 saturated heterocycles. The number of nitrogens with two attached hydrogens (primary N) is 1. The number of rotatable bonds is 4. The van der Waals surface area contributed by atoms with Gasteiger partial charge in [-0.2, -0.15) is 0 Å². The third-order valence-corrected chi connectivity index (χ3v) is 3.75. The van der Waals surface area contributed by atoms with E-state index in [9.17, 15) is 0 Å². The normalized spacial score (nSPS) is 13.8. The van der Waals surface area contributed by atoms with Crippen LogP contribution >= 0.6 is 11.6 Å². The molecule has 0 aliphatic carbocycles. The summed E-state index contributed by atoms with van der Waals surface area (Å²) in [6.07, 6.45) is 0.708. The van der Waals surface area contributed by atoms with Gasteiger partial charge in [-0.05, 0) is 49.6 Å². The van der Waals surface area contributed by atoms with Crippen LogP contribution in [-0.4, -0.2) is 7.11 Å². The molecule has 0 bridgehead atoms. The molecule has 0 fully saturated rings. The monoisotopic (exact) mass is 289 g/mol. The second-order valence-electron chi connectivity index (χ2n) is 5.42. The molecule has 3 heteroatoms. The summed E-state index contributed by atoms with van der Waals surface area (Å²) < 4.78 is 5.42. The Morgan fingerprint density at radius 2 is 1.80 bits per heavy atom. The van der Waals surface area contributed by atoms with Crippen molar-refractivity contribution < 1.29 is 4.74 Å². The van der Waals surface area contributed by atoms with Crippen molar-refractivity contribution in [3.63, 3.8) is 0 Å². The van der Waals surface area contributed by atoms with Gasteiger partial charge < -0.3 is 10.5 Å². The van der Waals surface area contributed by atoms with E-state index in [0.29, 0.717) is 6.42 Å². The molecule has 1 atom stereocenters. The summed E-state index contributed by atoms with van der Waals surface area (Å²) in [5, 5.41) is 0.720. The maximum absolute atomic E-state index is 6.50. The van der Waals surface area contributed by atoms with Crippen LogP contribution in [0.3, 0.4) is 0 Å². The summed E-state index contributed by atoms with van der Waals surface area (Å²) >= 11 is 5.93. The van der Waals surface area contributed by atoms with Crippen molar-refractivity contribution in [2.75, 3.05) is 7.11 Å². The van der Waals surface area contributed by atoms with Crippen LogP contribution < -0.4 is 10.5 Å². The molecular weight excluding hydrogens is 270 g/mol. The zero-order valence-electron chi connectivity index (χ0n) is 12.1. The lowest BCUT2D eigenvalue weighted by molar-refractivity contribution is 0.399. The van der Waals surface area contributed by atoms with Crippen molar-refractivity contribution in [1.82, 2.24) is 0 Å². The molecule has 0 amide bonds. The average Bonchev–Trinajstić information content (AvgIpc) is 2.39. The SMILES string of the molecule is COc1ccc(C)cc1CC(C)(N)c1ccc(Cl)cc1. The summed E-state index contributed by atoms with van der Waals surface area (Å²) in [7, 11) is 1.68. The van der Waals surface area contributed by atoms with Gasteiger partial charge in [0.25, 0.3) is 0 Å². The lowest BCUT2D eigenvalue weighted by Crippen LogP contribution is -2.35. The first-order valence-electron chi connectivity index (χ1n) is 6.61. The molecule has 0 aromatic heterocycles. The number of hydrogen-bond donors (Lipinski definition) is 1. The highest BCUT2D eigenvalue weighted by Crippen LogP contribution is 2.29. The predicted octanol–water partition coefficient (Wildman–Crippen LogP) is 4.07. The van der Waals surface area contributed by atoms with Gasteiger partial charge in [-0.3, -0.25) is 0 Å². The fraction of sp³-hybridized carbons (Fsp3) is 0.294. The lowest BCUT2D eigenvalue weighted by Gasteiger charge is -2.26. The van der Waals surface area contributed by atoms with E-state index >= 15 is 0 Å². The zero-order chi connectivity index (χ0) is 14.8. The average molecular weight is 290 g/mol. The summed E-state index contributed by atoms with van der Waals surface area (Å²) in [6.45, 7) is 4.09. The Balaban J connectivity index is 2.32. The van der Waals surface area contributed by atoms with Gasteiger partial charge in [0.15, 0.2) is 0 Å². The van der Waals surface area contributed by atoms with Gasteiger partial charge in [-0.1, -0.05) is 41.4 Å².